The van der Waals surface area contributed by atoms with E-state index in [2.05, 4.69) is 9.72 Å². The summed E-state index contributed by atoms with van der Waals surface area (Å²) in [6.07, 6.45) is -5.80. The molecule has 1 aromatic rings. The lowest BCUT2D eigenvalue weighted by Gasteiger charge is -2.12. The Hall–Kier alpha value is -1.93. The summed E-state index contributed by atoms with van der Waals surface area (Å²) in [5, 5.41) is 8.45. The predicted molar refractivity (Wildman–Crippen MR) is 47.0 cm³/mol. The highest BCUT2D eigenvalue weighted by Gasteiger charge is 2.33. The number of hydrogen-bond acceptors (Lipinski definition) is 3. The number of aliphatic carboxylic acids is 1. The number of carbonyl (C=O) groups is 1. The van der Waals surface area contributed by atoms with E-state index in [1.165, 1.54) is 0 Å². The Balaban J connectivity index is 3.20. The molecule has 4 nitrogen and oxygen atoms in total. The minimum absolute atomic E-state index is 0.350. The minimum atomic E-state index is -5.15. The van der Waals surface area contributed by atoms with Gasteiger partial charge in [-0.3, -0.25) is 9.78 Å². The van der Waals surface area contributed by atoms with E-state index >= 15 is 0 Å². The van der Waals surface area contributed by atoms with Gasteiger partial charge in [-0.15, -0.1) is 13.2 Å². The Bertz CT molecular complexity index is 460. The van der Waals surface area contributed by atoms with Crippen LogP contribution in [0.4, 0.5) is 22.0 Å². The molecule has 0 aliphatic rings. The molecule has 0 aromatic carbocycles. The number of alkyl halides is 4. The number of hydrogen-bond donors (Lipinski definition) is 1. The molecule has 0 aliphatic heterocycles. The minimum Gasteiger partial charge on any atom is -0.481 e. The first-order valence-corrected chi connectivity index (χ1v) is 4.44. The number of carboxylic acids is 1. The van der Waals surface area contributed by atoms with Gasteiger partial charge in [-0.25, -0.2) is 8.78 Å². The maximum Gasteiger partial charge on any atom is 0.573 e. The summed E-state index contributed by atoms with van der Waals surface area (Å²) in [7, 11) is 0. The van der Waals surface area contributed by atoms with Crippen LogP contribution in [-0.2, 0) is 17.9 Å². The van der Waals surface area contributed by atoms with Crippen LogP contribution < -0.4 is 4.74 Å². The van der Waals surface area contributed by atoms with E-state index in [1.54, 1.807) is 0 Å². The van der Waals surface area contributed by atoms with E-state index < -0.39 is 48.3 Å². The second kappa shape index (κ2) is 5.15. The predicted octanol–water partition coefficient (Wildman–Crippen LogP) is 2.22. The highest BCUT2D eigenvalue weighted by atomic mass is 19.4. The smallest absolute Gasteiger partial charge is 0.481 e. The maximum atomic E-state index is 13.5. The molecule has 0 radical (unpaired) electrons. The molecule has 1 aromatic heterocycles. The third-order valence-electron chi connectivity index (χ3n) is 1.85. The number of pyridine rings is 1. The van der Waals surface area contributed by atoms with E-state index in [4.69, 9.17) is 5.11 Å². The first-order valence-electron chi connectivity index (χ1n) is 4.44. The topological polar surface area (TPSA) is 59.4 Å². The average molecular weight is 271 g/mol. The van der Waals surface area contributed by atoms with Crippen LogP contribution in [0.2, 0.25) is 0 Å². The van der Waals surface area contributed by atoms with E-state index in [0.717, 1.165) is 0 Å². The molecule has 0 unspecified atom stereocenters. The van der Waals surface area contributed by atoms with Crippen molar-refractivity contribution in [2.75, 3.05) is 0 Å². The fourth-order valence-electron chi connectivity index (χ4n) is 1.19. The zero-order chi connectivity index (χ0) is 13.9. The molecule has 0 fully saturated rings. The molecule has 0 saturated heterocycles. The highest BCUT2D eigenvalue weighted by Crippen LogP contribution is 2.28. The standard InChI is InChI=1S/C9H6F5NO3/c10-2-5-4(1-7(16)17)8(11)6(3-15-5)18-9(12,13)14/h3H,1-2H2,(H,16,17). The molecule has 0 amide bonds. The molecule has 0 aliphatic carbocycles. The van der Waals surface area contributed by atoms with Crippen molar-refractivity contribution in [1.82, 2.24) is 4.98 Å². The largest absolute Gasteiger partial charge is 0.573 e. The summed E-state index contributed by atoms with van der Waals surface area (Å²) in [6.45, 7) is -1.30. The summed E-state index contributed by atoms with van der Waals surface area (Å²) < 4.78 is 64.9. The van der Waals surface area contributed by atoms with E-state index in [9.17, 15) is 26.7 Å². The number of carboxylic acid groups (broad SMARTS) is 1. The van der Waals surface area contributed by atoms with Crippen molar-refractivity contribution >= 4 is 5.97 Å². The lowest BCUT2D eigenvalue weighted by Crippen LogP contribution is -2.19. The van der Waals surface area contributed by atoms with E-state index in [0.29, 0.717) is 6.20 Å². The number of nitrogens with zero attached hydrogens (tertiary/aromatic N) is 1. The fourth-order valence-corrected chi connectivity index (χ4v) is 1.19. The van der Waals surface area contributed by atoms with Gasteiger partial charge in [0.1, 0.15) is 6.67 Å². The zero-order valence-corrected chi connectivity index (χ0v) is 8.59. The van der Waals surface area contributed by atoms with Crippen molar-refractivity contribution in [3.8, 4) is 5.75 Å². The van der Waals surface area contributed by atoms with Gasteiger partial charge in [0.15, 0.2) is 11.6 Å². The Morgan fingerprint density at radius 3 is 2.50 bits per heavy atom. The monoisotopic (exact) mass is 271 g/mol. The summed E-state index contributed by atoms with van der Waals surface area (Å²) in [4.78, 5) is 13.6. The zero-order valence-electron chi connectivity index (χ0n) is 8.59. The summed E-state index contributed by atoms with van der Waals surface area (Å²) >= 11 is 0. The summed E-state index contributed by atoms with van der Waals surface area (Å²) in [5.74, 6) is -4.41. The van der Waals surface area contributed by atoms with Gasteiger partial charge < -0.3 is 9.84 Å². The first-order chi connectivity index (χ1) is 8.24. The molecule has 0 atom stereocenters. The Labute approximate surface area is 97.0 Å². The van der Waals surface area contributed by atoms with Crippen molar-refractivity contribution in [3.63, 3.8) is 0 Å². The third kappa shape index (κ3) is 3.54. The molecule has 0 spiro atoms. The fraction of sp³-hybridized carbons (Fsp3) is 0.333. The first kappa shape index (κ1) is 14.1. The van der Waals surface area contributed by atoms with Crippen LogP contribution in [0, 0.1) is 5.82 Å². The van der Waals surface area contributed by atoms with Crippen LogP contribution >= 0.6 is 0 Å². The molecule has 9 heteroatoms. The Morgan fingerprint density at radius 1 is 1.44 bits per heavy atom. The average Bonchev–Trinajstić information content (AvgIpc) is 2.22. The van der Waals surface area contributed by atoms with E-state index in [1.807, 2.05) is 0 Å². The van der Waals surface area contributed by atoms with Gasteiger partial charge >= 0.3 is 12.3 Å². The van der Waals surface area contributed by atoms with E-state index in [-0.39, 0.29) is 0 Å². The molecule has 18 heavy (non-hydrogen) atoms. The molecular formula is C9H6F5NO3. The molecular weight excluding hydrogens is 265 g/mol. The van der Waals surface area contributed by atoms with Crippen LogP contribution in [0.3, 0.4) is 0 Å². The second-order valence-corrected chi connectivity index (χ2v) is 3.11. The van der Waals surface area contributed by atoms with Crippen LogP contribution in [0.5, 0.6) is 5.75 Å². The van der Waals surface area contributed by atoms with Gasteiger partial charge in [-0.05, 0) is 0 Å². The Morgan fingerprint density at radius 2 is 2.06 bits per heavy atom. The van der Waals surface area contributed by atoms with Crippen molar-refractivity contribution in [1.29, 1.82) is 0 Å². The number of aromatic nitrogens is 1. The molecule has 100 valence electrons. The number of rotatable bonds is 4. The molecule has 1 heterocycles. The van der Waals surface area contributed by atoms with Gasteiger partial charge in [0.2, 0.25) is 0 Å². The quantitative estimate of drug-likeness (QED) is 0.853. The molecule has 0 saturated carbocycles. The highest BCUT2D eigenvalue weighted by molar-refractivity contribution is 5.70. The summed E-state index contributed by atoms with van der Waals surface area (Å²) in [5.41, 5.74) is -1.35. The van der Waals surface area contributed by atoms with Crippen molar-refractivity contribution in [2.45, 2.75) is 19.5 Å². The van der Waals surface area contributed by atoms with Crippen LogP contribution in [0.15, 0.2) is 6.20 Å². The van der Waals surface area contributed by atoms with Crippen molar-refractivity contribution < 1.29 is 36.6 Å². The van der Waals surface area contributed by atoms with Gasteiger partial charge in [0, 0.05) is 5.56 Å². The Kier molecular flexibility index (Phi) is 4.04. The number of ether oxygens (including phenoxy) is 1. The van der Waals surface area contributed by atoms with Gasteiger partial charge in [-0.2, -0.15) is 0 Å². The molecule has 1 rings (SSSR count). The maximum absolute atomic E-state index is 13.5. The van der Waals surface area contributed by atoms with Gasteiger partial charge in [-0.1, -0.05) is 0 Å². The molecule has 1 N–H and O–H groups in total. The normalized spacial score (nSPS) is 11.4. The van der Waals surface area contributed by atoms with Crippen molar-refractivity contribution in [2.24, 2.45) is 0 Å². The van der Waals surface area contributed by atoms with Gasteiger partial charge in [0.05, 0.1) is 18.3 Å². The van der Waals surface area contributed by atoms with Gasteiger partial charge in [0.25, 0.3) is 0 Å². The summed E-state index contributed by atoms with van der Waals surface area (Å²) in [6, 6.07) is 0. The van der Waals surface area contributed by atoms with Crippen molar-refractivity contribution in [3.05, 3.63) is 23.3 Å². The third-order valence-corrected chi connectivity index (χ3v) is 1.85. The lowest BCUT2D eigenvalue weighted by molar-refractivity contribution is -0.275. The second-order valence-electron chi connectivity index (χ2n) is 3.11. The molecule has 0 bridgehead atoms. The van der Waals surface area contributed by atoms with Crippen LogP contribution in [0.25, 0.3) is 0 Å². The lowest BCUT2D eigenvalue weighted by atomic mass is 10.1. The van der Waals surface area contributed by atoms with Crippen LogP contribution in [-0.4, -0.2) is 22.4 Å². The van der Waals surface area contributed by atoms with Crippen LogP contribution in [0.1, 0.15) is 11.3 Å². The SMILES string of the molecule is O=C(O)Cc1c(CF)ncc(OC(F)(F)F)c1F. The number of halogens is 5.